The van der Waals surface area contributed by atoms with Gasteiger partial charge in [0.25, 0.3) is 5.91 Å². The number of nitrogens with zero attached hydrogens (tertiary/aromatic N) is 3. The molecular formula is C34H28F6N4O2S. The highest BCUT2D eigenvalue weighted by molar-refractivity contribution is 7.98. The molecule has 1 atom stereocenters. The van der Waals surface area contributed by atoms with Gasteiger partial charge in [-0.3, -0.25) is 4.79 Å². The molecule has 0 saturated carbocycles. The fourth-order valence-corrected chi connectivity index (χ4v) is 6.03. The summed E-state index contributed by atoms with van der Waals surface area (Å²) in [6.07, 6.45) is 1.16. The first-order chi connectivity index (χ1) is 22.6. The van der Waals surface area contributed by atoms with E-state index in [0.29, 0.717) is 31.6 Å². The molecule has 2 N–H and O–H groups in total. The third-order valence-electron chi connectivity index (χ3n) is 7.55. The van der Waals surface area contributed by atoms with Crippen LogP contribution in [0.25, 0.3) is 0 Å². The first-order valence-corrected chi connectivity index (χ1v) is 15.5. The van der Waals surface area contributed by atoms with Gasteiger partial charge in [-0.25, -0.2) is 26.3 Å². The quantitative estimate of drug-likeness (QED) is 0.0587. The Morgan fingerprint density at radius 2 is 1.43 bits per heavy atom. The lowest BCUT2D eigenvalue weighted by atomic mass is 9.95. The van der Waals surface area contributed by atoms with E-state index in [9.17, 15) is 36.2 Å². The molecule has 1 aromatic heterocycles. The summed E-state index contributed by atoms with van der Waals surface area (Å²) in [6, 6.07) is 21.4. The lowest BCUT2D eigenvalue weighted by molar-refractivity contribution is 0.0949. The van der Waals surface area contributed by atoms with Crippen molar-refractivity contribution in [2.24, 2.45) is 0 Å². The number of phenols is 1. The summed E-state index contributed by atoms with van der Waals surface area (Å²) in [4.78, 5) is 12.8. The van der Waals surface area contributed by atoms with E-state index in [2.05, 4.69) is 15.5 Å². The highest BCUT2D eigenvalue weighted by atomic mass is 32.2. The molecule has 0 aliphatic rings. The second-order valence-electron chi connectivity index (χ2n) is 10.7. The van der Waals surface area contributed by atoms with E-state index in [-0.39, 0.29) is 23.0 Å². The second-order valence-corrected chi connectivity index (χ2v) is 11.6. The standard InChI is InChI=1S/C34H28F6N4O2S/c35-23-12-10-21(11-13-23)18-22(14-16-41-33(46)24-8-4-5-9-26(24)45)32-42-43-34(44(32)17-15-20-6-2-1-3-7-20)47-19-25-27(36)29(38)31(40)30(39)28(25)37/h1-13,22,45H,14-19H2,(H,41,46). The fraction of sp³-hybridized carbons (Fsp3) is 0.206. The number of aromatic nitrogens is 3. The van der Waals surface area contributed by atoms with Gasteiger partial charge in [0, 0.05) is 30.3 Å². The number of benzene rings is 4. The molecule has 13 heteroatoms. The number of phenolic OH excluding ortho intramolecular Hbond substituents is 1. The zero-order valence-electron chi connectivity index (χ0n) is 24.7. The summed E-state index contributed by atoms with van der Waals surface area (Å²) >= 11 is 0.767. The molecule has 4 aromatic carbocycles. The van der Waals surface area contributed by atoms with Crippen molar-refractivity contribution < 1.29 is 36.2 Å². The third kappa shape index (κ3) is 7.97. The molecule has 1 unspecified atom stereocenters. The Kier molecular flexibility index (Phi) is 10.9. The lowest BCUT2D eigenvalue weighted by Crippen LogP contribution is -2.27. The first kappa shape index (κ1) is 33.6. The maximum atomic E-state index is 14.5. The maximum absolute atomic E-state index is 14.5. The number of hydrogen-bond donors (Lipinski definition) is 2. The predicted octanol–water partition coefficient (Wildman–Crippen LogP) is 7.50. The number of carbonyl (C=O) groups excluding carboxylic acids is 1. The molecule has 0 aliphatic heterocycles. The van der Waals surface area contributed by atoms with Crippen LogP contribution in [0, 0.1) is 34.9 Å². The summed E-state index contributed by atoms with van der Waals surface area (Å²) in [6.45, 7) is 0.452. The zero-order chi connectivity index (χ0) is 33.5. The van der Waals surface area contributed by atoms with E-state index in [4.69, 9.17) is 0 Å². The van der Waals surface area contributed by atoms with Crippen LogP contribution in [-0.2, 0) is 25.1 Å². The van der Waals surface area contributed by atoms with Crippen LogP contribution in [0.2, 0.25) is 0 Å². The highest BCUT2D eigenvalue weighted by Gasteiger charge is 2.27. The van der Waals surface area contributed by atoms with Crippen molar-refractivity contribution in [3.05, 3.63) is 142 Å². The second kappa shape index (κ2) is 15.2. The molecule has 0 aliphatic carbocycles. The van der Waals surface area contributed by atoms with Crippen LogP contribution in [0.5, 0.6) is 5.75 Å². The summed E-state index contributed by atoms with van der Waals surface area (Å²) in [5, 5.41) is 21.7. The van der Waals surface area contributed by atoms with Crippen molar-refractivity contribution in [2.75, 3.05) is 6.54 Å². The van der Waals surface area contributed by atoms with E-state index in [1.165, 1.54) is 24.3 Å². The van der Waals surface area contributed by atoms with Crippen molar-refractivity contribution in [3.8, 4) is 5.75 Å². The van der Waals surface area contributed by atoms with E-state index in [1.807, 2.05) is 30.3 Å². The largest absolute Gasteiger partial charge is 0.507 e. The third-order valence-corrected chi connectivity index (χ3v) is 8.54. The van der Waals surface area contributed by atoms with Crippen molar-refractivity contribution in [3.63, 3.8) is 0 Å². The van der Waals surface area contributed by atoms with Crippen molar-refractivity contribution >= 4 is 17.7 Å². The molecule has 5 aromatic rings. The number of aryl methyl sites for hydroxylation is 1. The summed E-state index contributed by atoms with van der Waals surface area (Å²) in [5.41, 5.74) is 0.838. The number of para-hydroxylation sites is 1. The first-order valence-electron chi connectivity index (χ1n) is 14.5. The zero-order valence-corrected chi connectivity index (χ0v) is 25.5. The minimum Gasteiger partial charge on any atom is -0.507 e. The number of rotatable bonds is 13. The van der Waals surface area contributed by atoms with Gasteiger partial charge >= 0.3 is 0 Å². The van der Waals surface area contributed by atoms with Gasteiger partial charge in [-0.05, 0) is 54.7 Å². The van der Waals surface area contributed by atoms with E-state index in [1.54, 1.807) is 28.8 Å². The van der Waals surface area contributed by atoms with Gasteiger partial charge in [-0.15, -0.1) is 10.2 Å². The average Bonchev–Trinajstić information content (AvgIpc) is 3.49. The SMILES string of the molecule is O=C(NCCC(Cc1ccc(F)cc1)c1nnc(SCc2c(F)c(F)c(F)c(F)c2F)n1CCc1ccccc1)c1ccccc1O. The van der Waals surface area contributed by atoms with Crippen molar-refractivity contribution in [2.45, 2.75) is 42.6 Å². The fourth-order valence-electron chi connectivity index (χ4n) is 5.07. The van der Waals surface area contributed by atoms with E-state index >= 15 is 0 Å². The number of hydrogen-bond acceptors (Lipinski definition) is 5. The van der Waals surface area contributed by atoms with Gasteiger partial charge in [0.15, 0.2) is 28.4 Å². The molecule has 0 fully saturated rings. The maximum Gasteiger partial charge on any atom is 0.255 e. The van der Waals surface area contributed by atoms with Crippen LogP contribution in [0.3, 0.4) is 0 Å². The topological polar surface area (TPSA) is 80.0 Å². The number of halogens is 6. The minimum atomic E-state index is -2.24. The molecule has 1 heterocycles. The number of aromatic hydroxyl groups is 1. The molecule has 0 bridgehead atoms. The van der Waals surface area contributed by atoms with E-state index < -0.39 is 58.0 Å². The van der Waals surface area contributed by atoms with E-state index in [0.717, 1.165) is 22.9 Å². The molecule has 0 spiro atoms. The van der Waals surface area contributed by atoms with Crippen LogP contribution in [-0.4, -0.2) is 32.3 Å². The monoisotopic (exact) mass is 670 g/mol. The van der Waals surface area contributed by atoms with Gasteiger partial charge in [0.05, 0.1) is 5.56 Å². The normalized spacial score (nSPS) is 11.9. The van der Waals surface area contributed by atoms with Gasteiger partial charge in [0.2, 0.25) is 5.82 Å². The molecule has 5 rings (SSSR count). The summed E-state index contributed by atoms with van der Waals surface area (Å²) in [5.74, 6) is -11.8. The summed E-state index contributed by atoms with van der Waals surface area (Å²) < 4.78 is 85.8. The molecule has 0 radical (unpaired) electrons. The smallest absolute Gasteiger partial charge is 0.255 e. The average molecular weight is 671 g/mol. The lowest BCUT2D eigenvalue weighted by Gasteiger charge is -2.19. The van der Waals surface area contributed by atoms with Crippen LogP contribution in [0.1, 0.15) is 45.2 Å². The molecule has 244 valence electrons. The Morgan fingerprint density at radius 1 is 0.787 bits per heavy atom. The molecule has 47 heavy (non-hydrogen) atoms. The van der Waals surface area contributed by atoms with Crippen LogP contribution < -0.4 is 5.32 Å². The minimum absolute atomic E-state index is 0.0976. The van der Waals surface area contributed by atoms with Gasteiger partial charge in [-0.1, -0.05) is 66.4 Å². The van der Waals surface area contributed by atoms with Gasteiger partial charge < -0.3 is 15.0 Å². The number of thioether (sulfide) groups is 1. The van der Waals surface area contributed by atoms with Gasteiger partial charge in [-0.2, -0.15) is 0 Å². The van der Waals surface area contributed by atoms with Gasteiger partial charge in [0.1, 0.15) is 17.4 Å². The number of carbonyl (C=O) groups is 1. The molecule has 6 nitrogen and oxygen atoms in total. The Bertz CT molecular complexity index is 1830. The van der Waals surface area contributed by atoms with Crippen LogP contribution in [0.4, 0.5) is 26.3 Å². The Labute approximate surface area is 270 Å². The molecule has 0 saturated heterocycles. The highest BCUT2D eigenvalue weighted by Crippen LogP contribution is 2.32. The van der Waals surface area contributed by atoms with Crippen molar-refractivity contribution in [1.29, 1.82) is 0 Å². The number of nitrogens with one attached hydrogen (secondary N) is 1. The van der Waals surface area contributed by atoms with Crippen LogP contribution >= 0.6 is 11.8 Å². The molecular weight excluding hydrogens is 642 g/mol. The molecule has 1 amide bonds. The summed E-state index contributed by atoms with van der Waals surface area (Å²) in [7, 11) is 0. The Hall–Kier alpha value is -4.78. The predicted molar refractivity (Wildman–Crippen MR) is 164 cm³/mol. The van der Waals surface area contributed by atoms with Crippen molar-refractivity contribution in [1.82, 2.24) is 20.1 Å². The Morgan fingerprint density at radius 3 is 2.11 bits per heavy atom. The Balaban J connectivity index is 1.45. The van der Waals surface area contributed by atoms with Crippen LogP contribution in [0.15, 0.2) is 84.0 Å². The number of amides is 1.